The Hall–Kier alpha value is -5.04. The highest BCUT2D eigenvalue weighted by molar-refractivity contribution is 5.95. The van der Waals surface area contributed by atoms with Crippen LogP contribution in [0.3, 0.4) is 0 Å². The second-order valence-corrected chi connectivity index (χ2v) is 9.16. The number of rotatable bonds is 5. The maximum atomic E-state index is 13.5. The van der Waals surface area contributed by atoms with Crippen LogP contribution in [-0.2, 0) is 13.2 Å². The van der Waals surface area contributed by atoms with Gasteiger partial charge < -0.3 is 20.6 Å². The first kappa shape index (κ1) is 23.4. The molecule has 0 bridgehead atoms. The first-order valence-corrected chi connectivity index (χ1v) is 12.4. The van der Waals surface area contributed by atoms with Crippen LogP contribution < -0.4 is 20.9 Å². The number of amides is 1. The number of carbonyl (C=O) groups excluding carboxylic acids is 1. The number of hydrogen-bond donors (Lipinski definition) is 3. The van der Waals surface area contributed by atoms with Crippen molar-refractivity contribution >= 4 is 16.7 Å². The molecule has 0 fully saturated rings. The van der Waals surface area contributed by atoms with E-state index in [2.05, 4.69) is 10.7 Å². The van der Waals surface area contributed by atoms with Gasteiger partial charge in [0.25, 0.3) is 5.91 Å². The third kappa shape index (κ3) is 4.24. The van der Waals surface area contributed by atoms with E-state index in [9.17, 15) is 14.7 Å². The molecule has 38 heavy (non-hydrogen) atoms. The molecule has 3 N–H and O–H groups in total. The zero-order chi connectivity index (χ0) is 26.1. The molecule has 0 radical (unpaired) electrons. The Morgan fingerprint density at radius 2 is 1.63 bits per heavy atom. The van der Waals surface area contributed by atoms with Crippen molar-refractivity contribution in [3.63, 3.8) is 0 Å². The number of nitrogens with one attached hydrogen (secondary N) is 2. The molecule has 7 heteroatoms. The Labute approximate surface area is 218 Å². The highest BCUT2D eigenvalue weighted by atomic mass is 16.5. The molecule has 1 amide bonds. The Kier molecular flexibility index (Phi) is 6.01. The highest BCUT2D eigenvalue weighted by Crippen LogP contribution is 2.36. The molecule has 0 saturated heterocycles. The minimum absolute atomic E-state index is 0.169. The van der Waals surface area contributed by atoms with E-state index in [1.807, 2.05) is 91.0 Å². The van der Waals surface area contributed by atoms with Gasteiger partial charge in [-0.1, -0.05) is 84.9 Å². The van der Waals surface area contributed by atoms with E-state index in [1.165, 1.54) is 16.9 Å². The zero-order valence-corrected chi connectivity index (χ0v) is 20.4. The van der Waals surface area contributed by atoms with Crippen molar-refractivity contribution in [1.29, 1.82) is 0 Å². The molecule has 2 heterocycles. The number of aromatic hydroxyl groups is 1. The molecule has 1 aromatic heterocycles. The Bertz CT molecular complexity index is 1670. The number of fused-ring (bicyclic) bond motifs is 3. The summed E-state index contributed by atoms with van der Waals surface area (Å²) in [4.78, 5) is 25.9. The van der Waals surface area contributed by atoms with E-state index >= 15 is 0 Å². The monoisotopic (exact) mass is 503 g/mol. The summed E-state index contributed by atoms with van der Waals surface area (Å²) in [6.45, 7) is 0.630. The van der Waals surface area contributed by atoms with E-state index in [1.54, 1.807) is 0 Å². The molecule has 0 spiro atoms. The SMILES string of the molecule is O=C(NCc1cccc2ccccc12)c1c(O)c(=O)ccn1NC1c2ccccc2COc2ccccc21. The summed E-state index contributed by atoms with van der Waals surface area (Å²) in [6, 6.07) is 30.2. The molecular formula is C31H25N3O4. The number of hydrogen-bond acceptors (Lipinski definition) is 5. The van der Waals surface area contributed by atoms with Crippen molar-refractivity contribution in [1.82, 2.24) is 9.99 Å². The third-order valence-electron chi connectivity index (χ3n) is 6.86. The fraction of sp³-hybridized carbons (Fsp3) is 0.0968. The van der Waals surface area contributed by atoms with Gasteiger partial charge in [0.2, 0.25) is 5.43 Å². The smallest absolute Gasteiger partial charge is 0.274 e. The van der Waals surface area contributed by atoms with Crippen LogP contribution in [0, 0.1) is 0 Å². The van der Waals surface area contributed by atoms with Gasteiger partial charge in [-0.2, -0.15) is 0 Å². The van der Waals surface area contributed by atoms with Crippen molar-refractivity contribution in [2.24, 2.45) is 0 Å². The number of pyridine rings is 1. The molecule has 5 aromatic rings. The Morgan fingerprint density at radius 1 is 0.895 bits per heavy atom. The van der Waals surface area contributed by atoms with Gasteiger partial charge in [-0.25, -0.2) is 0 Å². The lowest BCUT2D eigenvalue weighted by molar-refractivity contribution is 0.0938. The predicted octanol–water partition coefficient (Wildman–Crippen LogP) is 4.86. The quantitative estimate of drug-likeness (QED) is 0.319. The van der Waals surface area contributed by atoms with Crippen LogP contribution in [0.2, 0.25) is 0 Å². The third-order valence-corrected chi connectivity index (χ3v) is 6.86. The average Bonchev–Trinajstić information content (AvgIpc) is 3.11. The van der Waals surface area contributed by atoms with Gasteiger partial charge in [-0.05, 0) is 33.5 Å². The number of carbonyl (C=O) groups is 1. The summed E-state index contributed by atoms with van der Waals surface area (Å²) in [5.74, 6) is -0.484. The number of benzene rings is 4. The summed E-state index contributed by atoms with van der Waals surface area (Å²) in [5.41, 5.74) is 6.32. The van der Waals surface area contributed by atoms with Gasteiger partial charge >= 0.3 is 0 Å². The second kappa shape index (κ2) is 9.78. The van der Waals surface area contributed by atoms with Crippen molar-refractivity contribution in [3.8, 4) is 11.5 Å². The topological polar surface area (TPSA) is 92.6 Å². The van der Waals surface area contributed by atoms with Crippen LogP contribution in [0.15, 0.2) is 108 Å². The predicted molar refractivity (Wildman–Crippen MR) is 146 cm³/mol. The molecular weight excluding hydrogens is 478 g/mol. The summed E-state index contributed by atoms with van der Waals surface area (Å²) >= 11 is 0. The second-order valence-electron chi connectivity index (χ2n) is 9.16. The van der Waals surface area contributed by atoms with E-state index in [0.717, 1.165) is 33.0 Å². The molecule has 6 rings (SSSR count). The minimum Gasteiger partial charge on any atom is -0.502 e. The first-order valence-electron chi connectivity index (χ1n) is 12.4. The van der Waals surface area contributed by atoms with Crippen LogP contribution in [0.5, 0.6) is 11.5 Å². The van der Waals surface area contributed by atoms with Gasteiger partial charge in [0.05, 0.1) is 6.04 Å². The number of para-hydroxylation sites is 1. The molecule has 1 aliphatic heterocycles. The molecule has 7 nitrogen and oxygen atoms in total. The number of ether oxygens (including phenoxy) is 1. The van der Waals surface area contributed by atoms with Crippen LogP contribution in [0.25, 0.3) is 10.8 Å². The molecule has 1 atom stereocenters. The van der Waals surface area contributed by atoms with Gasteiger partial charge in [0, 0.05) is 24.4 Å². The van der Waals surface area contributed by atoms with E-state index < -0.39 is 23.1 Å². The summed E-state index contributed by atoms with van der Waals surface area (Å²) in [6.07, 6.45) is 1.46. The van der Waals surface area contributed by atoms with Crippen molar-refractivity contribution in [2.75, 3.05) is 5.43 Å². The van der Waals surface area contributed by atoms with Crippen LogP contribution in [-0.4, -0.2) is 15.7 Å². The van der Waals surface area contributed by atoms with Gasteiger partial charge in [0.1, 0.15) is 12.4 Å². The van der Waals surface area contributed by atoms with Crippen molar-refractivity contribution in [3.05, 3.63) is 141 Å². The fourth-order valence-electron chi connectivity index (χ4n) is 4.96. The summed E-state index contributed by atoms with van der Waals surface area (Å²) in [7, 11) is 0. The molecule has 0 saturated carbocycles. The molecule has 1 unspecified atom stereocenters. The minimum atomic E-state index is -0.636. The lowest BCUT2D eigenvalue weighted by Crippen LogP contribution is -2.33. The van der Waals surface area contributed by atoms with Crippen molar-refractivity contribution < 1.29 is 14.6 Å². The number of aromatic nitrogens is 1. The normalized spacial score (nSPS) is 14.1. The molecule has 188 valence electrons. The van der Waals surface area contributed by atoms with Crippen LogP contribution in [0.1, 0.15) is 38.8 Å². The van der Waals surface area contributed by atoms with Crippen LogP contribution in [0.4, 0.5) is 0 Å². The van der Waals surface area contributed by atoms with E-state index in [0.29, 0.717) is 12.4 Å². The van der Waals surface area contributed by atoms with Gasteiger partial charge in [-0.15, -0.1) is 0 Å². The lowest BCUT2D eigenvalue weighted by atomic mass is 9.95. The molecule has 4 aromatic carbocycles. The summed E-state index contributed by atoms with van der Waals surface area (Å²) < 4.78 is 7.47. The van der Waals surface area contributed by atoms with Crippen molar-refractivity contribution in [2.45, 2.75) is 19.2 Å². The van der Waals surface area contributed by atoms with Crippen LogP contribution >= 0.6 is 0 Å². The molecule has 0 aliphatic carbocycles. The maximum Gasteiger partial charge on any atom is 0.274 e. The first-order chi connectivity index (χ1) is 18.6. The number of nitrogens with zero attached hydrogens (tertiary/aromatic N) is 1. The largest absolute Gasteiger partial charge is 0.502 e. The summed E-state index contributed by atoms with van der Waals surface area (Å²) in [5, 5.41) is 15.7. The lowest BCUT2D eigenvalue weighted by Gasteiger charge is -2.25. The van der Waals surface area contributed by atoms with Gasteiger partial charge in [0.15, 0.2) is 11.4 Å². The van der Waals surface area contributed by atoms with Gasteiger partial charge in [-0.3, -0.25) is 14.3 Å². The Morgan fingerprint density at radius 3 is 2.53 bits per heavy atom. The van der Waals surface area contributed by atoms with E-state index in [4.69, 9.17) is 4.74 Å². The standard InChI is InChI=1S/C31H25N3O4/c35-26-16-17-34(33-28-24-13-4-2-9-22(24)19-38-27-15-6-5-14-25(27)28)29(30(26)36)31(37)32-18-21-11-7-10-20-8-1-3-12-23(20)21/h1-17,28,33,36H,18-19H2,(H,32,37). The fourth-order valence-corrected chi connectivity index (χ4v) is 4.96. The highest BCUT2D eigenvalue weighted by Gasteiger charge is 2.27. The van der Waals surface area contributed by atoms with E-state index in [-0.39, 0.29) is 12.2 Å². The Balaban J connectivity index is 1.37. The zero-order valence-electron chi connectivity index (χ0n) is 20.4. The molecule has 1 aliphatic rings. The maximum absolute atomic E-state index is 13.5. The average molecular weight is 504 g/mol.